The number of nitrogens with zero attached hydrogens (tertiary/aromatic N) is 4. The van der Waals surface area contributed by atoms with Crippen LogP contribution in [0.1, 0.15) is 21.1 Å². The van der Waals surface area contributed by atoms with Crippen molar-refractivity contribution < 1.29 is 9.90 Å². The molecule has 0 unspecified atom stereocenters. The lowest BCUT2D eigenvalue weighted by atomic mass is 10.3. The van der Waals surface area contributed by atoms with Gasteiger partial charge in [0.05, 0.1) is 5.69 Å². The van der Waals surface area contributed by atoms with Crippen LogP contribution in [0.25, 0.3) is 5.13 Å². The van der Waals surface area contributed by atoms with Gasteiger partial charge in [0.15, 0.2) is 0 Å². The zero-order valence-corrected chi connectivity index (χ0v) is 8.95. The van der Waals surface area contributed by atoms with E-state index in [-0.39, 0.29) is 5.56 Å². The van der Waals surface area contributed by atoms with Crippen molar-refractivity contribution >= 4 is 17.3 Å². The highest BCUT2D eigenvalue weighted by Gasteiger charge is 2.14. The SMILES string of the molecule is Cc1nnc(-n2cc(C(=O)O)c(C)n2)s1. The van der Waals surface area contributed by atoms with Crippen LogP contribution in [0, 0.1) is 13.8 Å². The summed E-state index contributed by atoms with van der Waals surface area (Å²) in [6.07, 6.45) is 1.44. The predicted octanol–water partition coefficient (Wildman–Crippen LogP) is 1.04. The highest BCUT2D eigenvalue weighted by molar-refractivity contribution is 7.13. The van der Waals surface area contributed by atoms with Gasteiger partial charge in [0.2, 0.25) is 5.13 Å². The van der Waals surface area contributed by atoms with E-state index in [1.54, 1.807) is 6.92 Å². The van der Waals surface area contributed by atoms with Gasteiger partial charge in [0.25, 0.3) is 0 Å². The molecule has 0 fully saturated rings. The second-order valence-electron chi connectivity index (χ2n) is 2.98. The topological polar surface area (TPSA) is 80.9 Å². The fraction of sp³-hybridized carbons (Fsp3) is 0.250. The van der Waals surface area contributed by atoms with Gasteiger partial charge < -0.3 is 5.11 Å². The summed E-state index contributed by atoms with van der Waals surface area (Å²) in [7, 11) is 0. The molecule has 2 aromatic heterocycles. The number of aryl methyl sites for hydroxylation is 2. The standard InChI is InChI=1S/C8H8N4O2S/c1-4-6(7(13)14)3-12(11-4)8-10-9-5(2)15-8/h3H,1-2H3,(H,13,14). The van der Waals surface area contributed by atoms with Crippen LogP contribution in [-0.2, 0) is 0 Å². The number of hydrogen-bond donors (Lipinski definition) is 1. The fourth-order valence-electron chi connectivity index (χ4n) is 1.15. The lowest BCUT2D eigenvalue weighted by Gasteiger charge is -1.89. The van der Waals surface area contributed by atoms with E-state index in [4.69, 9.17) is 5.11 Å². The van der Waals surface area contributed by atoms with E-state index in [0.717, 1.165) is 5.01 Å². The molecule has 6 nitrogen and oxygen atoms in total. The second-order valence-corrected chi connectivity index (χ2v) is 4.14. The van der Waals surface area contributed by atoms with E-state index in [0.29, 0.717) is 10.8 Å². The molecule has 0 atom stereocenters. The van der Waals surface area contributed by atoms with Crippen molar-refractivity contribution in [3.05, 3.63) is 22.5 Å². The molecule has 15 heavy (non-hydrogen) atoms. The number of aromatic carboxylic acids is 1. The zero-order valence-electron chi connectivity index (χ0n) is 8.13. The van der Waals surface area contributed by atoms with Crippen LogP contribution in [0.3, 0.4) is 0 Å². The van der Waals surface area contributed by atoms with Crippen LogP contribution in [0.2, 0.25) is 0 Å². The first-order chi connectivity index (χ1) is 7.08. The van der Waals surface area contributed by atoms with Gasteiger partial charge >= 0.3 is 5.97 Å². The summed E-state index contributed by atoms with van der Waals surface area (Å²) in [6, 6.07) is 0. The van der Waals surface area contributed by atoms with Crippen molar-refractivity contribution in [1.82, 2.24) is 20.0 Å². The first-order valence-corrected chi connectivity index (χ1v) is 4.99. The van der Waals surface area contributed by atoms with Crippen LogP contribution in [0.4, 0.5) is 0 Å². The highest BCUT2D eigenvalue weighted by Crippen LogP contribution is 2.15. The largest absolute Gasteiger partial charge is 0.478 e. The maximum atomic E-state index is 10.8. The van der Waals surface area contributed by atoms with Gasteiger partial charge in [-0.2, -0.15) is 5.10 Å². The summed E-state index contributed by atoms with van der Waals surface area (Å²) >= 11 is 1.36. The molecule has 0 amide bonds. The summed E-state index contributed by atoms with van der Waals surface area (Å²) in [5, 5.41) is 22.0. The van der Waals surface area contributed by atoms with E-state index in [1.807, 2.05) is 6.92 Å². The molecule has 0 aliphatic heterocycles. The van der Waals surface area contributed by atoms with Gasteiger partial charge in [-0.1, -0.05) is 11.3 Å². The van der Waals surface area contributed by atoms with Gasteiger partial charge in [-0.15, -0.1) is 10.2 Å². The van der Waals surface area contributed by atoms with Gasteiger partial charge in [-0.05, 0) is 13.8 Å². The summed E-state index contributed by atoms with van der Waals surface area (Å²) in [6.45, 7) is 3.48. The van der Waals surface area contributed by atoms with E-state index in [9.17, 15) is 4.79 Å². The fourth-order valence-corrected chi connectivity index (χ4v) is 1.76. The van der Waals surface area contributed by atoms with Crippen LogP contribution in [0.15, 0.2) is 6.20 Å². The Morgan fingerprint density at radius 2 is 2.20 bits per heavy atom. The van der Waals surface area contributed by atoms with Crippen LogP contribution in [-0.4, -0.2) is 31.1 Å². The maximum Gasteiger partial charge on any atom is 0.339 e. The average molecular weight is 224 g/mol. The van der Waals surface area contributed by atoms with Crippen molar-refractivity contribution in [1.29, 1.82) is 0 Å². The molecule has 1 N–H and O–H groups in total. The molecule has 0 radical (unpaired) electrons. The number of aromatic nitrogens is 4. The van der Waals surface area contributed by atoms with Crippen molar-refractivity contribution in [3.63, 3.8) is 0 Å². The molecule has 0 aliphatic carbocycles. The molecule has 0 aliphatic rings. The number of hydrogen-bond acceptors (Lipinski definition) is 5. The third kappa shape index (κ3) is 1.73. The van der Waals surface area contributed by atoms with Crippen molar-refractivity contribution in [2.24, 2.45) is 0 Å². The van der Waals surface area contributed by atoms with E-state index < -0.39 is 5.97 Å². The van der Waals surface area contributed by atoms with Crippen LogP contribution >= 0.6 is 11.3 Å². The molecular weight excluding hydrogens is 216 g/mol. The molecule has 0 spiro atoms. The van der Waals surface area contributed by atoms with Gasteiger partial charge in [0, 0.05) is 6.20 Å². The van der Waals surface area contributed by atoms with Gasteiger partial charge in [0.1, 0.15) is 10.6 Å². The Morgan fingerprint density at radius 3 is 2.67 bits per heavy atom. The average Bonchev–Trinajstić information content (AvgIpc) is 2.71. The second kappa shape index (κ2) is 3.43. The highest BCUT2D eigenvalue weighted by atomic mass is 32.1. The Kier molecular flexibility index (Phi) is 2.24. The number of carbonyl (C=O) groups is 1. The number of rotatable bonds is 2. The molecule has 0 saturated heterocycles. The monoisotopic (exact) mass is 224 g/mol. The first kappa shape index (κ1) is 9.78. The molecule has 2 heterocycles. The van der Waals surface area contributed by atoms with Crippen molar-refractivity contribution in [2.75, 3.05) is 0 Å². The van der Waals surface area contributed by atoms with E-state index in [2.05, 4.69) is 15.3 Å². The lowest BCUT2D eigenvalue weighted by Crippen LogP contribution is -1.95. The first-order valence-electron chi connectivity index (χ1n) is 4.18. The van der Waals surface area contributed by atoms with E-state index >= 15 is 0 Å². The minimum absolute atomic E-state index is 0.183. The van der Waals surface area contributed by atoms with Crippen molar-refractivity contribution in [3.8, 4) is 5.13 Å². The Bertz CT molecular complexity index is 516. The molecule has 2 rings (SSSR count). The Labute approximate surface area is 89.2 Å². The van der Waals surface area contributed by atoms with Crippen molar-refractivity contribution in [2.45, 2.75) is 13.8 Å². The van der Waals surface area contributed by atoms with Gasteiger partial charge in [-0.25, -0.2) is 9.48 Å². The molecule has 0 saturated carbocycles. The zero-order chi connectivity index (χ0) is 11.0. The molecule has 78 valence electrons. The predicted molar refractivity (Wildman–Crippen MR) is 53.5 cm³/mol. The molecular formula is C8H8N4O2S. The summed E-state index contributed by atoms with van der Waals surface area (Å²) in [4.78, 5) is 10.8. The molecule has 2 aromatic rings. The Balaban J connectivity index is 2.46. The number of carboxylic acids is 1. The normalized spacial score (nSPS) is 10.5. The summed E-state index contributed by atoms with van der Waals surface area (Å²) < 4.78 is 1.43. The van der Waals surface area contributed by atoms with Gasteiger partial charge in [-0.3, -0.25) is 0 Å². The quantitative estimate of drug-likeness (QED) is 0.824. The lowest BCUT2D eigenvalue weighted by molar-refractivity contribution is 0.0696. The maximum absolute atomic E-state index is 10.8. The van der Waals surface area contributed by atoms with Crippen LogP contribution < -0.4 is 0 Å². The Hall–Kier alpha value is -1.76. The number of carboxylic acid groups (broad SMARTS) is 1. The molecule has 0 bridgehead atoms. The minimum atomic E-state index is -0.986. The Morgan fingerprint density at radius 1 is 1.47 bits per heavy atom. The van der Waals surface area contributed by atoms with E-state index in [1.165, 1.54) is 22.2 Å². The summed E-state index contributed by atoms with van der Waals surface area (Å²) in [5.74, 6) is -0.986. The molecule has 0 aromatic carbocycles. The third-order valence-corrected chi connectivity index (χ3v) is 2.67. The van der Waals surface area contributed by atoms with Crippen LogP contribution in [0.5, 0.6) is 0 Å². The molecule has 7 heteroatoms. The smallest absolute Gasteiger partial charge is 0.339 e. The third-order valence-electron chi connectivity index (χ3n) is 1.84. The summed E-state index contributed by atoms with van der Waals surface area (Å²) in [5.41, 5.74) is 0.651. The minimum Gasteiger partial charge on any atom is -0.478 e.